The summed E-state index contributed by atoms with van der Waals surface area (Å²) in [5.41, 5.74) is 8.23. The average molecular weight is 315 g/mol. The number of rotatable bonds is 8. The molecule has 3 N–H and O–H groups in total. The van der Waals surface area contributed by atoms with Crippen molar-refractivity contribution >= 4 is 5.91 Å². The third-order valence-electron chi connectivity index (χ3n) is 3.87. The molecule has 6 heteroatoms. The van der Waals surface area contributed by atoms with Crippen LogP contribution in [0.2, 0.25) is 0 Å². The quantitative estimate of drug-likeness (QED) is 0.777. The van der Waals surface area contributed by atoms with E-state index in [0.717, 1.165) is 30.6 Å². The number of carbonyl (C=O) groups excluding carboxylic acids is 1. The van der Waals surface area contributed by atoms with Gasteiger partial charge in [0.2, 0.25) is 5.91 Å². The number of benzene rings is 1. The molecule has 23 heavy (non-hydrogen) atoms. The Balaban J connectivity index is 2.00. The van der Waals surface area contributed by atoms with Crippen LogP contribution < -0.4 is 11.1 Å². The van der Waals surface area contributed by atoms with Crippen LogP contribution in [0.25, 0.3) is 5.69 Å². The van der Waals surface area contributed by atoms with Crippen molar-refractivity contribution in [3.05, 3.63) is 41.7 Å². The Hall–Kier alpha value is -2.21. The van der Waals surface area contributed by atoms with E-state index >= 15 is 0 Å². The minimum absolute atomic E-state index is 0.0342. The van der Waals surface area contributed by atoms with Crippen molar-refractivity contribution in [1.82, 2.24) is 20.3 Å². The minimum Gasteiger partial charge on any atom is -0.352 e. The number of nitrogens with zero attached hydrogens (tertiary/aromatic N) is 3. The van der Waals surface area contributed by atoms with E-state index in [0.29, 0.717) is 12.2 Å². The molecule has 124 valence electrons. The first-order valence-electron chi connectivity index (χ1n) is 8.11. The van der Waals surface area contributed by atoms with Crippen LogP contribution >= 0.6 is 0 Å². The second-order valence-corrected chi connectivity index (χ2v) is 5.69. The molecule has 0 spiro atoms. The van der Waals surface area contributed by atoms with Gasteiger partial charge in [-0.2, -0.15) is 0 Å². The number of aromatic nitrogens is 3. The van der Waals surface area contributed by atoms with Gasteiger partial charge in [0.15, 0.2) is 0 Å². The van der Waals surface area contributed by atoms with Crippen LogP contribution in [0, 0.1) is 6.92 Å². The summed E-state index contributed by atoms with van der Waals surface area (Å²) >= 11 is 0. The van der Waals surface area contributed by atoms with Gasteiger partial charge >= 0.3 is 0 Å². The molecule has 1 heterocycles. The van der Waals surface area contributed by atoms with E-state index in [-0.39, 0.29) is 18.4 Å². The first kappa shape index (κ1) is 17.1. The highest BCUT2D eigenvalue weighted by Crippen LogP contribution is 2.12. The van der Waals surface area contributed by atoms with Crippen LogP contribution in [-0.4, -0.2) is 33.5 Å². The van der Waals surface area contributed by atoms with Gasteiger partial charge in [-0.3, -0.25) is 4.79 Å². The molecule has 1 unspecified atom stereocenters. The molecule has 0 saturated carbocycles. The first-order chi connectivity index (χ1) is 11.2. The van der Waals surface area contributed by atoms with Crippen molar-refractivity contribution in [3.8, 4) is 5.69 Å². The van der Waals surface area contributed by atoms with E-state index < -0.39 is 0 Å². The van der Waals surface area contributed by atoms with Crippen LogP contribution in [0.4, 0.5) is 0 Å². The smallest absolute Gasteiger partial charge is 0.226 e. The van der Waals surface area contributed by atoms with Crippen molar-refractivity contribution in [3.63, 3.8) is 0 Å². The molecule has 1 aromatic heterocycles. The maximum Gasteiger partial charge on any atom is 0.226 e. The number of nitrogens with two attached hydrogens (primary N) is 1. The lowest BCUT2D eigenvalue weighted by molar-refractivity contribution is -0.121. The molecule has 0 aliphatic rings. The summed E-state index contributed by atoms with van der Waals surface area (Å²) in [6.07, 6.45) is 3.29. The molecule has 0 saturated heterocycles. The largest absolute Gasteiger partial charge is 0.352 e. The maximum atomic E-state index is 12.2. The predicted molar refractivity (Wildman–Crippen MR) is 90.3 cm³/mol. The molecule has 2 aromatic rings. The van der Waals surface area contributed by atoms with Gasteiger partial charge in [-0.25, -0.2) is 4.68 Å². The lowest BCUT2D eigenvalue weighted by Crippen LogP contribution is -2.41. The lowest BCUT2D eigenvalue weighted by Gasteiger charge is -2.16. The molecule has 0 fully saturated rings. The molecule has 1 amide bonds. The SMILES string of the molecule is CCCCC(CN)NC(=O)Cc1nnn(-c2ccccc2)c1C. The molecule has 2 rings (SSSR count). The molecule has 0 aliphatic heterocycles. The number of hydrogen-bond acceptors (Lipinski definition) is 4. The van der Waals surface area contributed by atoms with Crippen LogP contribution in [0.5, 0.6) is 0 Å². The summed E-state index contributed by atoms with van der Waals surface area (Å²) in [7, 11) is 0. The Labute approximate surface area is 137 Å². The van der Waals surface area contributed by atoms with E-state index in [2.05, 4.69) is 22.6 Å². The minimum atomic E-state index is -0.0558. The number of para-hydroxylation sites is 1. The fourth-order valence-electron chi connectivity index (χ4n) is 2.47. The highest BCUT2D eigenvalue weighted by Gasteiger charge is 2.16. The number of nitrogens with one attached hydrogen (secondary N) is 1. The van der Waals surface area contributed by atoms with Crippen LogP contribution in [0.1, 0.15) is 37.6 Å². The van der Waals surface area contributed by atoms with E-state index in [1.165, 1.54) is 0 Å². The Morgan fingerprint density at radius 1 is 1.35 bits per heavy atom. The van der Waals surface area contributed by atoms with Gasteiger partial charge in [0.25, 0.3) is 0 Å². The summed E-state index contributed by atoms with van der Waals surface area (Å²) in [5.74, 6) is -0.0558. The Morgan fingerprint density at radius 3 is 2.74 bits per heavy atom. The van der Waals surface area contributed by atoms with Crippen molar-refractivity contribution in [2.24, 2.45) is 5.73 Å². The van der Waals surface area contributed by atoms with E-state index in [1.807, 2.05) is 37.3 Å². The molecule has 1 aromatic carbocycles. The van der Waals surface area contributed by atoms with Crippen LogP contribution in [0.3, 0.4) is 0 Å². The monoisotopic (exact) mass is 315 g/mol. The van der Waals surface area contributed by atoms with Gasteiger partial charge in [0.1, 0.15) is 0 Å². The van der Waals surface area contributed by atoms with Crippen molar-refractivity contribution in [1.29, 1.82) is 0 Å². The standard InChI is InChI=1S/C17H25N5O/c1-3-4-8-14(12-18)19-17(23)11-16-13(2)22(21-20-16)15-9-6-5-7-10-15/h5-7,9-10,14H,3-4,8,11-12,18H2,1-2H3,(H,19,23). The summed E-state index contributed by atoms with van der Waals surface area (Å²) in [6.45, 7) is 4.51. The molecule has 6 nitrogen and oxygen atoms in total. The number of unbranched alkanes of at least 4 members (excludes halogenated alkanes) is 1. The topological polar surface area (TPSA) is 85.8 Å². The Kier molecular flexibility index (Phi) is 6.29. The van der Waals surface area contributed by atoms with Crippen molar-refractivity contribution in [2.45, 2.75) is 45.6 Å². The van der Waals surface area contributed by atoms with Gasteiger partial charge in [-0.1, -0.05) is 43.2 Å². The molecule has 0 bridgehead atoms. The highest BCUT2D eigenvalue weighted by atomic mass is 16.1. The zero-order valence-corrected chi connectivity index (χ0v) is 13.8. The molecular weight excluding hydrogens is 290 g/mol. The molecular formula is C17H25N5O. The molecule has 1 atom stereocenters. The zero-order chi connectivity index (χ0) is 16.7. The summed E-state index contributed by atoms with van der Waals surface area (Å²) in [6, 6.07) is 9.80. The third kappa shape index (κ3) is 4.63. The first-order valence-corrected chi connectivity index (χ1v) is 8.11. The molecule has 0 aliphatic carbocycles. The molecule has 0 radical (unpaired) electrons. The predicted octanol–water partition coefficient (Wildman–Crippen LogP) is 1.75. The van der Waals surface area contributed by atoms with Crippen molar-refractivity contribution < 1.29 is 4.79 Å². The van der Waals surface area contributed by atoms with Crippen LogP contribution in [-0.2, 0) is 11.2 Å². The zero-order valence-electron chi connectivity index (χ0n) is 13.8. The summed E-state index contributed by atoms with van der Waals surface area (Å²) in [4.78, 5) is 12.2. The highest BCUT2D eigenvalue weighted by molar-refractivity contribution is 5.78. The summed E-state index contributed by atoms with van der Waals surface area (Å²) in [5, 5.41) is 11.3. The van der Waals surface area contributed by atoms with Gasteiger partial charge in [0, 0.05) is 12.6 Å². The van der Waals surface area contributed by atoms with E-state index in [4.69, 9.17) is 5.73 Å². The van der Waals surface area contributed by atoms with Crippen LogP contribution in [0.15, 0.2) is 30.3 Å². The van der Waals surface area contributed by atoms with Gasteiger partial charge in [0.05, 0.1) is 23.5 Å². The maximum absolute atomic E-state index is 12.2. The number of carbonyl (C=O) groups is 1. The fraction of sp³-hybridized carbons (Fsp3) is 0.471. The van der Waals surface area contributed by atoms with Gasteiger partial charge < -0.3 is 11.1 Å². The lowest BCUT2D eigenvalue weighted by atomic mass is 10.1. The third-order valence-corrected chi connectivity index (χ3v) is 3.87. The van der Waals surface area contributed by atoms with Crippen molar-refractivity contribution in [2.75, 3.05) is 6.54 Å². The average Bonchev–Trinajstić information content (AvgIpc) is 2.93. The number of hydrogen-bond donors (Lipinski definition) is 2. The van der Waals surface area contributed by atoms with E-state index in [9.17, 15) is 4.79 Å². The second kappa shape index (κ2) is 8.43. The second-order valence-electron chi connectivity index (χ2n) is 5.69. The summed E-state index contributed by atoms with van der Waals surface area (Å²) < 4.78 is 1.75. The van der Waals surface area contributed by atoms with Gasteiger partial charge in [-0.15, -0.1) is 5.10 Å². The van der Waals surface area contributed by atoms with E-state index in [1.54, 1.807) is 4.68 Å². The Morgan fingerprint density at radius 2 is 2.09 bits per heavy atom. The normalized spacial score (nSPS) is 12.1. The number of amides is 1. The van der Waals surface area contributed by atoms with Gasteiger partial charge in [-0.05, 0) is 25.5 Å². The Bertz CT molecular complexity index is 623. The fourth-order valence-corrected chi connectivity index (χ4v) is 2.47.